The van der Waals surface area contributed by atoms with Crippen LogP contribution < -0.4 is 10.0 Å². The average Bonchev–Trinajstić information content (AvgIpc) is 2.14. The molecule has 2 N–H and O–H groups in total. The number of piperazine rings is 1. The zero-order valence-electron chi connectivity index (χ0n) is 8.04. The molecule has 6 nitrogen and oxygen atoms in total. The number of halogens is 3. The van der Waals surface area contributed by atoms with Gasteiger partial charge in [0.2, 0.25) is 5.91 Å². The lowest BCUT2D eigenvalue weighted by Gasteiger charge is -2.26. The van der Waals surface area contributed by atoms with E-state index in [-0.39, 0.29) is 13.1 Å². The molecule has 0 aromatic heterocycles. The molecule has 0 aromatic rings. The number of nitrogens with zero attached hydrogens (tertiary/aromatic N) is 1. The Kier molecular flexibility index (Phi) is 3.76. The Morgan fingerprint density at radius 2 is 2.06 bits per heavy atom. The topological polar surface area (TPSA) is 78.5 Å². The van der Waals surface area contributed by atoms with Gasteiger partial charge >= 0.3 is 6.18 Å². The van der Waals surface area contributed by atoms with Crippen molar-refractivity contribution in [2.75, 3.05) is 26.2 Å². The lowest BCUT2D eigenvalue weighted by molar-refractivity contribution is -0.122. The third-order valence-corrected chi connectivity index (χ3v) is 3.30. The van der Waals surface area contributed by atoms with Crippen LogP contribution in [-0.4, -0.2) is 51.0 Å². The maximum Gasteiger partial charge on any atom is 0.402 e. The third kappa shape index (κ3) is 3.94. The molecule has 0 spiro atoms. The molecule has 1 amide bonds. The fourth-order valence-electron chi connectivity index (χ4n) is 1.08. The van der Waals surface area contributed by atoms with Crippen LogP contribution in [0.4, 0.5) is 13.2 Å². The fourth-order valence-corrected chi connectivity index (χ4v) is 2.23. The van der Waals surface area contributed by atoms with E-state index in [9.17, 15) is 26.4 Å². The fraction of sp³-hybridized carbons (Fsp3) is 0.833. The third-order valence-electron chi connectivity index (χ3n) is 1.80. The predicted octanol–water partition coefficient (Wildman–Crippen LogP) is -1.19. The van der Waals surface area contributed by atoms with E-state index in [1.807, 2.05) is 0 Å². The van der Waals surface area contributed by atoms with Gasteiger partial charge in [0.15, 0.2) is 0 Å². The van der Waals surface area contributed by atoms with E-state index in [1.54, 1.807) is 0 Å². The van der Waals surface area contributed by atoms with Crippen LogP contribution in [0.3, 0.4) is 0 Å². The summed E-state index contributed by atoms with van der Waals surface area (Å²) >= 11 is 0. The van der Waals surface area contributed by atoms with Crippen LogP contribution in [0, 0.1) is 0 Å². The van der Waals surface area contributed by atoms with Crippen LogP contribution in [-0.2, 0) is 15.0 Å². The summed E-state index contributed by atoms with van der Waals surface area (Å²) in [7, 11) is -4.25. The van der Waals surface area contributed by atoms with Gasteiger partial charge < -0.3 is 5.32 Å². The van der Waals surface area contributed by atoms with Crippen molar-refractivity contribution in [2.45, 2.75) is 6.18 Å². The maximum atomic E-state index is 11.8. The molecule has 94 valence electrons. The first-order valence-electron chi connectivity index (χ1n) is 4.29. The molecule has 0 bridgehead atoms. The molecule has 0 aromatic carbocycles. The normalized spacial score (nSPS) is 19.6. The van der Waals surface area contributed by atoms with E-state index in [1.165, 1.54) is 4.72 Å². The smallest absolute Gasteiger partial charge is 0.354 e. The second-order valence-electron chi connectivity index (χ2n) is 3.12. The summed E-state index contributed by atoms with van der Waals surface area (Å²) in [5.41, 5.74) is 0. The summed E-state index contributed by atoms with van der Waals surface area (Å²) in [5.74, 6) is -0.538. The molecule has 1 saturated heterocycles. The second-order valence-corrected chi connectivity index (χ2v) is 4.88. The molecule has 16 heavy (non-hydrogen) atoms. The number of carbonyl (C=O) groups is 1. The van der Waals surface area contributed by atoms with Gasteiger partial charge in [-0.15, -0.1) is 0 Å². The summed E-state index contributed by atoms with van der Waals surface area (Å²) in [4.78, 5) is 10.9. The van der Waals surface area contributed by atoms with E-state index >= 15 is 0 Å². The van der Waals surface area contributed by atoms with E-state index < -0.39 is 35.4 Å². The van der Waals surface area contributed by atoms with Gasteiger partial charge in [0.05, 0.1) is 6.54 Å². The predicted molar refractivity (Wildman–Crippen MR) is 47.6 cm³/mol. The van der Waals surface area contributed by atoms with Gasteiger partial charge in [-0.25, -0.2) is 0 Å². The standard InChI is InChI=1S/C6H10F3N3O3S/c7-6(8,9)4-11-16(14,15)12-2-1-10-5(13)3-12/h11H,1-4H2,(H,10,13). The monoisotopic (exact) mass is 261 g/mol. The molecule has 0 atom stereocenters. The number of hydrogen-bond acceptors (Lipinski definition) is 3. The molecule has 10 heteroatoms. The van der Waals surface area contributed by atoms with E-state index in [0.717, 1.165) is 0 Å². The number of amides is 1. The van der Waals surface area contributed by atoms with E-state index in [2.05, 4.69) is 5.32 Å². The van der Waals surface area contributed by atoms with Crippen molar-refractivity contribution >= 4 is 16.1 Å². The largest absolute Gasteiger partial charge is 0.402 e. The lowest BCUT2D eigenvalue weighted by Crippen LogP contribution is -2.54. The minimum Gasteiger partial charge on any atom is -0.354 e. The van der Waals surface area contributed by atoms with Crippen LogP contribution in [0.25, 0.3) is 0 Å². The molecule has 1 fully saturated rings. The minimum absolute atomic E-state index is 0.0427. The Balaban J connectivity index is 2.60. The molecule has 1 aliphatic rings. The first-order chi connectivity index (χ1) is 7.21. The average molecular weight is 261 g/mol. The maximum absolute atomic E-state index is 11.8. The van der Waals surface area contributed by atoms with Gasteiger partial charge in [-0.3, -0.25) is 4.79 Å². The quantitative estimate of drug-likeness (QED) is 0.671. The van der Waals surface area contributed by atoms with E-state index in [4.69, 9.17) is 0 Å². The van der Waals surface area contributed by atoms with Gasteiger partial charge in [0, 0.05) is 13.1 Å². The molecule has 0 unspecified atom stereocenters. The highest BCUT2D eigenvalue weighted by Crippen LogP contribution is 2.13. The van der Waals surface area contributed by atoms with Crippen molar-refractivity contribution in [1.82, 2.24) is 14.3 Å². The van der Waals surface area contributed by atoms with Gasteiger partial charge in [-0.2, -0.15) is 30.6 Å². The Labute approximate surface area is 90.0 Å². The lowest BCUT2D eigenvalue weighted by atomic mass is 10.4. The first-order valence-corrected chi connectivity index (χ1v) is 5.73. The van der Waals surface area contributed by atoms with Crippen LogP contribution in [0.15, 0.2) is 0 Å². The number of alkyl halides is 3. The van der Waals surface area contributed by atoms with Crippen molar-refractivity contribution in [3.8, 4) is 0 Å². The van der Waals surface area contributed by atoms with Gasteiger partial charge in [0.25, 0.3) is 10.2 Å². The highest BCUT2D eigenvalue weighted by atomic mass is 32.2. The van der Waals surface area contributed by atoms with Crippen LogP contribution in [0.2, 0.25) is 0 Å². The number of hydrogen-bond donors (Lipinski definition) is 2. The zero-order valence-corrected chi connectivity index (χ0v) is 8.86. The number of rotatable bonds is 3. The molecule has 1 aliphatic heterocycles. The molecular formula is C6H10F3N3O3S. The molecular weight excluding hydrogens is 251 g/mol. The SMILES string of the molecule is O=C1CN(S(=O)(=O)NCC(F)(F)F)CCN1. The Morgan fingerprint density at radius 1 is 1.44 bits per heavy atom. The number of nitrogens with one attached hydrogen (secondary N) is 2. The summed E-state index contributed by atoms with van der Waals surface area (Å²) in [6.07, 6.45) is -4.62. The molecule has 1 rings (SSSR count). The Bertz CT molecular complexity index is 367. The van der Waals surface area contributed by atoms with Gasteiger partial charge in [-0.1, -0.05) is 0 Å². The highest BCUT2D eigenvalue weighted by Gasteiger charge is 2.33. The minimum atomic E-state index is -4.62. The Hall–Kier alpha value is -0.870. The van der Waals surface area contributed by atoms with Crippen molar-refractivity contribution in [1.29, 1.82) is 0 Å². The molecule has 1 heterocycles. The summed E-state index contributed by atoms with van der Waals surface area (Å²) in [6.45, 7) is -2.06. The molecule has 0 aliphatic carbocycles. The summed E-state index contributed by atoms with van der Waals surface area (Å²) in [6, 6.07) is 0. The highest BCUT2D eigenvalue weighted by molar-refractivity contribution is 7.87. The van der Waals surface area contributed by atoms with Crippen LogP contribution >= 0.6 is 0 Å². The first kappa shape index (κ1) is 13.2. The van der Waals surface area contributed by atoms with Gasteiger partial charge in [-0.05, 0) is 0 Å². The summed E-state index contributed by atoms with van der Waals surface area (Å²) in [5, 5.41) is 2.36. The van der Waals surface area contributed by atoms with Crippen LogP contribution in [0.5, 0.6) is 0 Å². The van der Waals surface area contributed by atoms with Crippen molar-refractivity contribution < 1.29 is 26.4 Å². The van der Waals surface area contributed by atoms with Crippen molar-refractivity contribution in [3.05, 3.63) is 0 Å². The second kappa shape index (κ2) is 4.55. The summed E-state index contributed by atoms with van der Waals surface area (Å²) < 4.78 is 60.1. The van der Waals surface area contributed by atoms with Crippen LogP contribution in [0.1, 0.15) is 0 Å². The molecule has 0 saturated carbocycles. The number of carbonyl (C=O) groups excluding carboxylic acids is 1. The van der Waals surface area contributed by atoms with Crippen molar-refractivity contribution in [2.24, 2.45) is 0 Å². The molecule has 0 radical (unpaired) electrons. The van der Waals surface area contributed by atoms with Gasteiger partial charge in [0.1, 0.15) is 6.54 Å². The Morgan fingerprint density at radius 3 is 2.56 bits per heavy atom. The van der Waals surface area contributed by atoms with Crippen molar-refractivity contribution in [3.63, 3.8) is 0 Å². The van der Waals surface area contributed by atoms with E-state index in [0.29, 0.717) is 4.31 Å². The zero-order chi connectivity index (χ0) is 12.4.